The Morgan fingerprint density at radius 1 is 0.714 bits per heavy atom. The molecule has 3 nitrogen and oxygen atoms in total. The van der Waals surface area contributed by atoms with Gasteiger partial charge in [0.2, 0.25) is 0 Å². The minimum atomic E-state index is -5.61. The van der Waals surface area contributed by atoms with Crippen molar-refractivity contribution in [2.75, 3.05) is 0 Å². The molecule has 122 valence electrons. The molecule has 0 radical (unpaired) electrons. The second-order valence-electron chi connectivity index (χ2n) is 4.68. The summed E-state index contributed by atoms with van der Waals surface area (Å²) in [6.07, 6.45) is -3.56. The first-order valence-electron chi connectivity index (χ1n) is 6.36. The Balaban J connectivity index is 0. The van der Waals surface area contributed by atoms with Gasteiger partial charge in [-0.1, -0.05) is 32.1 Å². The number of rotatable bonds is 10. The topological polar surface area (TPSA) is 57.2 Å². The maximum Gasteiger partial charge on any atom is 1.00 e. The van der Waals surface area contributed by atoms with Gasteiger partial charge in [-0.05, 0) is 12.8 Å². The Labute approximate surface area is 164 Å². The van der Waals surface area contributed by atoms with Crippen molar-refractivity contribution in [2.45, 2.75) is 69.2 Å². The fraction of sp³-hybridized carbons (Fsp3) is 1.00. The van der Waals surface area contributed by atoms with Crippen LogP contribution in [0.3, 0.4) is 0 Å². The minimum absolute atomic E-state index is 0. The van der Waals surface area contributed by atoms with E-state index in [1.807, 2.05) is 0 Å². The zero-order valence-electron chi connectivity index (χ0n) is 11.9. The average Bonchev–Trinajstić information content (AvgIpc) is 2.23. The van der Waals surface area contributed by atoms with Crippen LogP contribution in [0, 0.1) is 0 Å². The summed E-state index contributed by atoms with van der Waals surface area (Å²) < 4.78 is 91.3. The molecule has 0 unspecified atom stereocenters. The smallest absolute Gasteiger partial charge is 0.743 e. The van der Waals surface area contributed by atoms with Crippen LogP contribution in [0.4, 0.5) is 22.0 Å². The summed E-state index contributed by atoms with van der Waals surface area (Å²) in [6, 6.07) is 0. The van der Waals surface area contributed by atoms with E-state index in [-0.39, 0.29) is 64.2 Å². The van der Waals surface area contributed by atoms with Crippen molar-refractivity contribution in [1.29, 1.82) is 0 Å². The number of unbranched alkanes of at least 4 members (excludes halogenated alkanes) is 6. The van der Waals surface area contributed by atoms with Crippen molar-refractivity contribution in [3.63, 3.8) is 0 Å². The zero-order chi connectivity index (χ0) is 15.9. The molecule has 0 aliphatic rings. The second-order valence-corrected chi connectivity index (χ2v) is 6.19. The van der Waals surface area contributed by atoms with Crippen LogP contribution < -0.4 is 51.4 Å². The predicted octanol–water partition coefficient (Wildman–Crippen LogP) is 1.20. The van der Waals surface area contributed by atoms with Crippen LogP contribution in [0.1, 0.15) is 57.8 Å². The molecule has 0 aliphatic carbocycles. The monoisotopic (exact) mass is 364 g/mol. The van der Waals surface area contributed by atoms with Gasteiger partial charge in [0, 0.05) is 12.8 Å². The molecule has 0 atom stereocenters. The summed E-state index contributed by atoms with van der Waals surface area (Å²) in [7, 11) is -5.61. The Hall–Kier alpha value is 1.20. The maximum atomic E-state index is 12.7. The quantitative estimate of drug-likeness (QED) is 0.253. The van der Waals surface area contributed by atoms with Crippen LogP contribution in [0.15, 0.2) is 0 Å². The Bertz CT molecular complexity index is 371. The molecular formula is C11H18F5KO3S. The van der Waals surface area contributed by atoms with E-state index in [1.165, 1.54) is 0 Å². The van der Waals surface area contributed by atoms with Gasteiger partial charge in [-0.15, -0.1) is 0 Å². The molecule has 0 heterocycles. The average molecular weight is 364 g/mol. The van der Waals surface area contributed by atoms with Crippen molar-refractivity contribution in [3.05, 3.63) is 0 Å². The normalized spacial score (nSPS) is 13.0. The van der Waals surface area contributed by atoms with E-state index in [2.05, 4.69) is 0 Å². The summed E-state index contributed by atoms with van der Waals surface area (Å²) in [5, 5.41) is -4.24. The van der Waals surface area contributed by atoms with Crippen molar-refractivity contribution in [3.8, 4) is 0 Å². The molecule has 0 fully saturated rings. The van der Waals surface area contributed by atoms with E-state index in [9.17, 15) is 34.9 Å². The van der Waals surface area contributed by atoms with Crippen LogP contribution in [0.5, 0.6) is 0 Å². The number of hydrogen-bond donors (Lipinski definition) is 0. The Kier molecular flexibility index (Phi) is 12.7. The summed E-state index contributed by atoms with van der Waals surface area (Å²) in [6.45, 7) is 0. The van der Waals surface area contributed by atoms with Gasteiger partial charge in [0.15, 0.2) is 10.1 Å². The largest absolute Gasteiger partial charge is 1.00 e. The van der Waals surface area contributed by atoms with Gasteiger partial charge in [0.05, 0.1) is 0 Å². The maximum absolute atomic E-state index is 12.7. The molecule has 0 aromatic heterocycles. The third-order valence-corrected chi connectivity index (χ3v) is 3.73. The van der Waals surface area contributed by atoms with Crippen LogP contribution in [-0.2, 0) is 10.1 Å². The number of alkyl halides is 5. The van der Waals surface area contributed by atoms with E-state index >= 15 is 0 Å². The molecule has 0 amide bonds. The molecule has 0 aromatic rings. The third-order valence-electron chi connectivity index (χ3n) is 2.79. The van der Waals surface area contributed by atoms with E-state index in [0.29, 0.717) is 32.1 Å². The number of halogens is 5. The van der Waals surface area contributed by atoms with Gasteiger partial charge in [0.25, 0.3) is 0 Å². The first-order chi connectivity index (χ1) is 8.96. The van der Waals surface area contributed by atoms with Crippen LogP contribution in [0.2, 0.25) is 0 Å². The van der Waals surface area contributed by atoms with Crippen LogP contribution in [0.25, 0.3) is 0 Å². The zero-order valence-corrected chi connectivity index (χ0v) is 15.8. The molecule has 0 saturated heterocycles. The van der Waals surface area contributed by atoms with Crippen molar-refractivity contribution < 1.29 is 86.3 Å². The first kappa shape index (κ1) is 24.4. The van der Waals surface area contributed by atoms with Gasteiger partial charge in [-0.2, -0.15) is 22.0 Å². The van der Waals surface area contributed by atoms with Gasteiger partial charge in [0.1, 0.15) is 0 Å². The Morgan fingerprint density at radius 2 is 1.05 bits per heavy atom. The van der Waals surface area contributed by atoms with Crippen LogP contribution in [-0.4, -0.2) is 24.4 Å². The molecule has 0 rings (SSSR count). The third kappa shape index (κ3) is 13.3. The van der Waals surface area contributed by atoms with Crippen molar-refractivity contribution in [2.24, 2.45) is 0 Å². The van der Waals surface area contributed by atoms with Crippen molar-refractivity contribution in [1.82, 2.24) is 0 Å². The molecule has 0 bridgehead atoms. The molecular weight excluding hydrogens is 346 g/mol. The number of hydrogen-bond acceptors (Lipinski definition) is 3. The van der Waals surface area contributed by atoms with E-state index in [0.717, 1.165) is 0 Å². The molecule has 0 aliphatic heterocycles. The molecule has 0 aromatic carbocycles. The van der Waals surface area contributed by atoms with E-state index in [4.69, 9.17) is 0 Å². The van der Waals surface area contributed by atoms with Gasteiger partial charge in [-0.3, -0.25) is 0 Å². The van der Waals surface area contributed by atoms with Gasteiger partial charge >= 0.3 is 62.8 Å². The molecule has 0 saturated carbocycles. The summed E-state index contributed by atoms with van der Waals surface area (Å²) in [5.74, 6) is 0. The minimum Gasteiger partial charge on any atom is -0.743 e. The van der Waals surface area contributed by atoms with E-state index < -0.39 is 34.4 Å². The standard InChI is InChI=1S/C11H19F5O3S.K/c12-10(13,14)8-6-4-2-1-3-5-7-9-11(15,16)20(17,18)19;/h1-9H2,(H,17,18,19);/q;+1/p-1. The molecule has 0 N–H and O–H groups in total. The molecule has 21 heavy (non-hydrogen) atoms. The summed E-state index contributed by atoms with van der Waals surface area (Å²) >= 11 is 0. The summed E-state index contributed by atoms with van der Waals surface area (Å²) in [4.78, 5) is 0. The SMILES string of the molecule is O=S(=O)([O-])C(F)(F)CCCCCCCCCC(F)(F)F.[K+]. The predicted molar refractivity (Wildman–Crippen MR) is 62.3 cm³/mol. The first-order valence-corrected chi connectivity index (χ1v) is 7.76. The fourth-order valence-corrected chi connectivity index (χ4v) is 2.06. The second kappa shape index (κ2) is 10.9. The fourth-order valence-electron chi connectivity index (χ4n) is 1.67. The van der Waals surface area contributed by atoms with Gasteiger partial charge < -0.3 is 4.55 Å². The van der Waals surface area contributed by atoms with Gasteiger partial charge in [-0.25, -0.2) is 8.42 Å². The Morgan fingerprint density at radius 3 is 1.38 bits per heavy atom. The summed E-state index contributed by atoms with van der Waals surface area (Å²) in [5.41, 5.74) is 0. The van der Waals surface area contributed by atoms with Crippen molar-refractivity contribution >= 4 is 10.1 Å². The molecule has 10 heteroatoms. The van der Waals surface area contributed by atoms with E-state index in [1.54, 1.807) is 0 Å². The molecule has 0 spiro atoms. The van der Waals surface area contributed by atoms with Crippen LogP contribution >= 0.6 is 0 Å².